The SMILES string of the molecule is CC/N=C(\N(C(C)(C)C)C(C)(C)C)C(C)(C)SS. The molecule has 18 heavy (non-hydrogen) atoms. The molecule has 0 saturated carbocycles. The molecule has 0 radical (unpaired) electrons. The maximum Gasteiger partial charge on any atom is 0.116 e. The number of rotatable bonds is 3. The first kappa shape index (κ1) is 18.2. The van der Waals surface area contributed by atoms with Gasteiger partial charge >= 0.3 is 0 Å². The zero-order valence-electron chi connectivity index (χ0n) is 13.5. The molecule has 0 aliphatic carbocycles. The Morgan fingerprint density at radius 3 is 1.61 bits per heavy atom. The van der Waals surface area contributed by atoms with Crippen LogP contribution in [0.3, 0.4) is 0 Å². The highest BCUT2D eigenvalue weighted by Gasteiger charge is 2.40. The average molecular weight is 291 g/mol. The van der Waals surface area contributed by atoms with Crippen molar-refractivity contribution in [3.8, 4) is 0 Å². The van der Waals surface area contributed by atoms with E-state index in [9.17, 15) is 0 Å². The quantitative estimate of drug-likeness (QED) is 0.352. The Morgan fingerprint density at radius 1 is 1.00 bits per heavy atom. The molecule has 0 aromatic carbocycles. The van der Waals surface area contributed by atoms with E-state index in [1.165, 1.54) is 0 Å². The van der Waals surface area contributed by atoms with E-state index in [0.29, 0.717) is 0 Å². The standard InChI is InChI=1S/C14H30N2S2/c1-10-15-11(14(8,9)18-17)16(12(2,3)4)13(5,6)7/h17H,10H2,1-9H3/b15-11-. The summed E-state index contributed by atoms with van der Waals surface area (Å²) in [5.41, 5.74) is 0.0695. The predicted molar refractivity (Wildman–Crippen MR) is 90.0 cm³/mol. The molecular formula is C14H30N2S2. The maximum atomic E-state index is 4.77. The molecule has 0 aliphatic heterocycles. The lowest BCUT2D eigenvalue weighted by molar-refractivity contribution is 0.118. The van der Waals surface area contributed by atoms with E-state index < -0.39 is 0 Å². The summed E-state index contributed by atoms with van der Waals surface area (Å²) in [6.45, 7) is 20.7. The summed E-state index contributed by atoms with van der Waals surface area (Å²) in [5, 5.41) is 0. The molecule has 0 unspecified atom stereocenters. The molecule has 0 atom stereocenters. The van der Waals surface area contributed by atoms with E-state index in [4.69, 9.17) is 4.99 Å². The molecule has 2 nitrogen and oxygen atoms in total. The summed E-state index contributed by atoms with van der Waals surface area (Å²) >= 11 is 4.43. The summed E-state index contributed by atoms with van der Waals surface area (Å²) in [6.07, 6.45) is 0. The molecule has 0 spiro atoms. The largest absolute Gasteiger partial charge is 0.350 e. The molecule has 0 fully saturated rings. The molecule has 0 saturated heterocycles. The molecule has 0 rings (SSSR count). The summed E-state index contributed by atoms with van der Waals surface area (Å²) in [6, 6.07) is 0. The minimum absolute atomic E-state index is 0.0348. The maximum absolute atomic E-state index is 4.77. The van der Waals surface area contributed by atoms with E-state index in [2.05, 4.69) is 78.9 Å². The van der Waals surface area contributed by atoms with Gasteiger partial charge in [0.1, 0.15) is 5.84 Å². The number of thiol groups is 1. The van der Waals surface area contributed by atoms with Gasteiger partial charge in [-0.05, 0) is 62.3 Å². The van der Waals surface area contributed by atoms with Crippen molar-refractivity contribution in [3.63, 3.8) is 0 Å². The van der Waals surface area contributed by atoms with Crippen LogP contribution in [-0.2, 0) is 0 Å². The first-order chi connectivity index (χ1) is 7.88. The Hall–Kier alpha value is 0.170. The Balaban J connectivity index is 5.77. The van der Waals surface area contributed by atoms with Crippen LogP contribution in [0, 0.1) is 0 Å². The van der Waals surface area contributed by atoms with Crippen LogP contribution in [0.25, 0.3) is 0 Å². The average Bonchev–Trinajstić information content (AvgIpc) is 2.12. The second kappa shape index (κ2) is 6.08. The number of aliphatic imine (C=N–C) groups is 1. The molecule has 0 aromatic rings. The monoisotopic (exact) mass is 290 g/mol. The highest BCUT2D eigenvalue weighted by atomic mass is 33.1. The second-order valence-electron chi connectivity index (χ2n) is 7.08. The molecule has 0 N–H and O–H groups in total. The predicted octanol–water partition coefficient (Wildman–Crippen LogP) is 4.66. The lowest BCUT2D eigenvalue weighted by atomic mass is 9.93. The Labute approximate surface area is 123 Å². The van der Waals surface area contributed by atoms with Gasteiger partial charge in [-0.25, -0.2) is 0 Å². The fourth-order valence-electron chi connectivity index (χ4n) is 2.36. The minimum atomic E-state index is -0.0975. The van der Waals surface area contributed by atoms with Gasteiger partial charge in [-0.3, -0.25) is 4.99 Å². The zero-order chi connectivity index (χ0) is 14.8. The molecule has 108 valence electrons. The van der Waals surface area contributed by atoms with Crippen LogP contribution in [0.2, 0.25) is 0 Å². The van der Waals surface area contributed by atoms with Gasteiger partial charge in [0.05, 0.1) is 4.75 Å². The zero-order valence-corrected chi connectivity index (χ0v) is 15.2. The van der Waals surface area contributed by atoms with Gasteiger partial charge in [0.25, 0.3) is 0 Å². The van der Waals surface area contributed by atoms with Gasteiger partial charge in [-0.15, -0.1) is 11.7 Å². The van der Waals surface area contributed by atoms with Gasteiger partial charge in [-0.2, -0.15) is 0 Å². The topological polar surface area (TPSA) is 15.6 Å². The molecular weight excluding hydrogens is 260 g/mol. The van der Waals surface area contributed by atoms with Crippen LogP contribution < -0.4 is 0 Å². The molecule has 0 aromatic heterocycles. The third kappa shape index (κ3) is 4.69. The summed E-state index contributed by atoms with van der Waals surface area (Å²) in [5.74, 6) is 1.13. The van der Waals surface area contributed by atoms with Gasteiger partial charge < -0.3 is 4.90 Å². The number of hydrogen-bond donors (Lipinski definition) is 1. The van der Waals surface area contributed by atoms with Gasteiger partial charge in [0.15, 0.2) is 0 Å². The van der Waals surface area contributed by atoms with Crippen molar-refractivity contribution < 1.29 is 0 Å². The number of amidine groups is 1. The van der Waals surface area contributed by atoms with Crippen LogP contribution in [0.1, 0.15) is 62.3 Å². The van der Waals surface area contributed by atoms with E-state index >= 15 is 0 Å². The van der Waals surface area contributed by atoms with E-state index in [0.717, 1.165) is 12.4 Å². The minimum Gasteiger partial charge on any atom is -0.350 e. The van der Waals surface area contributed by atoms with Crippen molar-refractivity contribution in [2.24, 2.45) is 4.99 Å². The second-order valence-corrected chi connectivity index (χ2v) is 8.83. The van der Waals surface area contributed by atoms with Crippen LogP contribution in [0.15, 0.2) is 4.99 Å². The highest BCUT2D eigenvalue weighted by Crippen LogP contribution is 2.36. The Kier molecular flexibility index (Phi) is 6.14. The normalized spacial score (nSPS) is 14.9. The van der Waals surface area contributed by atoms with Crippen molar-refractivity contribution in [2.75, 3.05) is 6.54 Å². The van der Waals surface area contributed by atoms with Crippen LogP contribution in [-0.4, -0.2) is 33.1 Å². The Morgan fingerprint density at radius 2 is 1.39 bits per heavy atom. The van der Waals surface area contributed by atoms with E-state index in [1.54, 1.807) is 10.8 Å². The first-order valence-corrected chi connectivity index (χ1v) is 8.42. The third-order valence-electron chi connectivity index (χ3n) is 2.63. The third-order valence-corrected chi connectivity index (χ3v) is 4.64. The molecule has 4 heteroatoms. The van der Waals surface area contributed by atoms with E-state index in [1.807, 2.05) is 0 Å². The fraction of sp³-hybridized carbons (Fsp3) is 0.929. The van der Waals surface area contributed by atoms with Crippen molar-refractivity contribution in [3.05, 3.63) is 0 Å². The van der Waals surface area contributed by atoms with Crippen molar-refractivity contribution in [1.29, 1.82) is 0 Å². The van der Waals surface area contributed by atoms with Crippen LogP contribution >= 0.6 is 22.5 Å². The smallest absolute Gasteiger partial charge is 0.116 e. The molecule has 0 aliphatic rings. The molecule has 0 amide bonds. The number of hydrogen-bond acceptors (Lipinski definition) is 3. The molecule has 0 bridgehead atoms. The lowest BCUT2D eigenvalue weighted by Gasteiger charge is -2.50. The highest BCUT2D eigenvalue weighted by molar-refractivity contribution is 8.69. The van der Waals surface area contributed by atoms with Gasteiger partial charge in [-0.1, -0.05) is 10.8 Å². The first-order valence-electron chi connectivity index (χ1n) is 6.55. The Bertz CT molecular complexity index is 282. The van der Waals surface area contributed by atoms with Crippen LogP contribution in [0.5, 0.6) is 0 Å². The lowest BCUT2D eigenvalue weighted by Crippen LogP contribution is -2.60. The van der Waals surface area contributed by atoms with Crippen molar-refractivity contribution >= 4 is 28.3 Å². The van der Waals surface area contributed by atoms with E-state index in [-0.39, 0.29) is 15.8 Å². The van der Waals surface area contributed by atoms with Crippen molar-refractivity contribution in [2.45, 2.75) is 78.1 Å². The summed E-state index contributed by atoms with van der Waals surface area (Å²) in [4.78, 5) is 7.20. The molecule has 0 heterocycles. The summed E-state index contributed by atoms with van der Waals surface area (Å²) < 4.78 is -0.0975. The summed E-state index contributed by atoms with van der Waals surface area (Å²) in [7, 11) is 1.56. The number of nitrogens with zero attached hydrogens (tertiary/aromatic N) is 2. The van der Waals surface area contributed by atoms with Crippen molar-refractivity contribution in [1.82, 2.24) is 4.90 Å². The van der Waals surface area contributed by atoms with Crippen LogP contribution in [0.4, 0.5) is 0 Å². The van der Waals surface area contributed by atoms with Gasteiger partial charge in [0, 0.05) is 17.6 Å². The fourth-order valence-corrected chi connectivity index (χ4v) is 2.85. The van der Waals surface area contributed by atoms with Gasteiger partial charge in [0.2, 0.25) is 0 Å².